The molecule has 3 aromatic carbocycles. The van der Waals surface area contributed by atoms with Gasteiger partial charge in [-0.2, -0.15) is 0 Å². The number of rotatable bonds is 7. The topological polar surface area (TPSA) is 21.3 Å². The van der Waals surface area contributed by atoms with Crippen molar-refractivity contribution in [2.24, 2.45) is 0 Å². The molecule has 0 aliphatic heterocycles. The van der Waals surface area contributed by atoms with Gasteiger partial charge in [-0.3, -0.25) is 0 Å². The maximum atomic E-state index is 5.48. The molecule has 0 spiro atoms. The van der Waals surface area contributed by atoms with Crippen LogP contribution in [0.25, 0.3) is 5.57 Å². The second-order valence-corrected chi connectivity index (χ2v) is 6.22. The number of para-hydroxylation sites is 1. The molecular formula is C24H26ClNO. The number of methoxy groups -OCH3 is 1. The fourth-order valence-corrected chi connectivity index (χ4v) is 3.11. The van der Waals surface area contributed by atoms with Crippen LogP contribution in [0.15, 0.2) is 91.0 Å². The third kappa shape index (κ3) is 5.46. The highest BCUT2D eigenvalue weighted by Gasteiger charge is 2.10. The first-order chi connectivity index (χ1) is 12.8. The third-order valence-electron chi connectivity index (χ3n) is 4.51. The molecule has 2 nitrogen and oxygen atoms in total. The molecule has 0 amide bonds. The molecule has 0 heterocycles. The normalized spacial score (nSPS) is 11.2. The van der Waals surface area contributed by atoms with Gasteiger partial charge in [0.1, 0.15) is 5.75 Å². The van der Waals surface area contributed by atoms with E-state index in [9.17, 15) is 0 Å². The summed E-state index contributed by atoms with van der Waals surface area (Å²) in [5.74, 6) is 0.919. The van der Waals surface area contributed by atoms with Gasteiger partial charge >= 0.3 is 0 Å². The van der Waals surface area contributed by atoms with Gasteiger partial charge < -0.3 is 10.1 Å². The third-order valence-corrected chi connectivity index (χ3v) is 4.51. The van der Waals surface area contributed by atoms with Crippen molar-refractivity contribution >= 4 is 18.0 Å². The van der Waals surface area contributed by atoms with Crippen LogP contribution in [0.4, 0.5) is 0 Å². The van der Waals surface area contributed by atoms with E-state index in [1.807, 2.05) is 30.3 Å². The molecule has 0 saturated carbocycles. The Hall–Kier alpha value is -2.55. The molecule has 140 valence electrons. The Kier molecular flexibility index (Phi) is 8.12. The zero-order valence-electron chi connectivity index (χ0n) is 15.8. The van der Waals surface area contributed by atoms with Crippen LogP contribution >= 0.6 is 12.4 Å². The fourth-order valence-electron chi connectivity index (χ4n) is 3.11. The summed E-state index contributed by atoms with van der Waals surface area (Å²) >= 11 is 0. The molecule has 0 aromatic heterocycles. The Morgan fingerprint density at radius 1 is 0.852 bits per heavy atom. The quantitative estimate of drug-likeness (QED) is 0.551. The van der Waals surface area contributed by atoms with E-state index in [1.54, 1.807) is 7.11 Å². The van der Waals surface area contributed by atoms with E-state index in [-0.39, 0.29) is 18.4 Å². The van der Waals surface area contributed by atoms with Crippen LogP contribution in [0.1, 0.15) is 29.7 Å². The second kappa shape index (κ2) is 10.6. The lowest BCUT2D eigenvalue weighted by Gasteiger charge is -2.17. The zero-order valence-corrected chi connectivity index (χ0v) is 16.6. The van der Waals surface area contributed by atoms with Crippen molar-refractivity contribution in [1.29, 1.82) is 0 Å². The van der Waals surface area contributed by atoms with Crippen molar-refractivity contribution in [2.45, 2.75) is 13.0 Å². The molecular weight excluding hydrogens is 354 g/mol. The van der Waals surface area contributed by atoms with Crippen LogP contribution in [-0.4, -0.2) is 13.7 Å². The molecule has 0 aliphatic rings. The van der Waals surface area contributed by atoms with Gasteiger partial charge in [-0.05, 0) is 29.7 Å². The Balaban J connectivity index is 0.00000261. The smallest absolute Gasteiger partial charge is 0.123 e. The Bertz CT molecular complexity index is 805. The Morgan fingerprint density at radius 2 is 1.37 bits per heavy atom. The summed E-state index contributed by atoms with van der Waals surface area (Å²) < 4.78 is 5.48. The lowest BCUT2D eigenvalue weighted by Crippen LogP contribution is -2.19. The number of hydrogen-bond donors (Lipinski definition) is 1. The molecule has 27 heavy (non-hydrogen) atoms. The van der Waals surface area contributed by atoms with E-state index in [2.05, 4.69) is 72.9 Å². The summed E-state index contributed by atoms with van der Waals surface area (Å²) in [6, 6.07) is 29.4. The summed E-state index contributed by atoms with van der Waals surface area (Å²) in [5, 5.41) is 3.59. The van der Waals surface area contributed by atoms with E-state index >= 15 is 0 Å². The standard InChI is InChI=1S/C24H25NO.ClH/c1-19(22-15-9-10-16-24(22)26-2)25-18-17-23(20-11-5-3-6-12-20)21-13-7-4-8-14-21;/h3-17,19,25H,18H2,1-2H3;1H/t19-;/m1./s1. The van der Waals surface area contributed by atoms with Gasteiger partial charge in [0.25, 0.3) is 0 Å². The number of halogens is 1. The maximum Gasteiger partial charge on any atom is 0.123 e. The molecule has 0 fully saturated rings. The first-order valence-corrected chi connectivity index (χ1v) is 8.97. The summed E-state index contributed by atoms with van der Waals surface area (Å²) in [5.41, 5.74) is 4.87. The van der Waals surface area contributed by atoms with Gasteiger partial charge in [-0.25, -0.2) is 0 Å². The lowest BCUT2D eigenvalue weighted by atomic mass is 9.97. The Labute approximate surface area is 168 Å². The van der Waals surface area contributed by atoms with Crippen LogP contribution in [0.5, 0.6) is 5.75 Å². The molecule has 3 rings (SSSR count). The highest BCUT2D eigenvalue weighted by molar-refractivity contribution is 5.85. The number of nitrogens with one attached hydrogen (secondary N) is 1. The molecule has 0 bridgehead atoms. The van der Waals surface area contributed by atoms with E-state index in [1.165, 1.54) is 22.3 Å². The molecule has 0 unspecified atom stereocenters. The molecule has 1 N–H and O–H groups in total. The minimum Gasteiger partial charge on any atom is -0.496 e. The number of benzene rings is 3. The summed E-state index contributed by atoms with van der Waals surface area (Å²) in [7, 11) is 1.72. The van der Waals surface area contributed by atoms with E-state index in [4.69, 9.17) is 4.74 Å². The van der Waals surface area contributed by atoms with Crippen molar-refractivity contribution in [1.82, 2.24) is 5.32 Å². The SMILES string of the molecule is COc1ccccc1[C@@H](C)NCC=C(c1ccccc1)c1ccccc1.Cl. The zero-order chi connectivity index (χ0) is 18.2. The molecule has 3 aromatic rings. The largest absolute Gasteiger partial charge is 0.496 e. The van der Waals surface area contributed by atoms with Gasteiger partial charge in [0.15, 0.2) is 0 Å². The Morgan fingerprint density at radius 3 is 1.93 bits per heavy atom. The highest BCUT2D eigenvalue weighted by atomic mass is 35.5. The van der Waals surface area contributed by atoms with Gasteiger partial charge in [0.2, 0.25) is 0 Å². The number of ether oxygens (including phenoxy) is 1. The predicted octanol–water partition coefficient (Wildman–Crippen LogP) is 5.90. The highest BCUT2D eigenvalue weighted by Crippen LogP contribution is 2.25. The number of hydrogen-bond acceptors (Lipinski definition) is 2. The van der Waals surface area contributed by atoms with Crippen LogP contribution < -0.4 is 10.1 Å². The van der Waals surface area contributed by atoms with Crippen LogP contribution in [-0.2, 0) is 0 Å². The predicted molar refractivity (Wildman–Crippen MR) is 117 cm³/mol. The van der Waals surface area contributed by atoms with Crippen molar-refractivity contribution in [3.63, 3.8) is 0 Å². The molecule has 0 radical (unpaired) electrons. The average molecular weight is 380 g/mol. The second-order valence-electron chi connectivity index (χ2n) is 6.22. The monoisotopic (exact) mass is 379 g/mol. The lowest BCUT2D eigenvalue weighted by molar-refractivity contribution is 0.403. The average Bonchev–Trinajstić information content (AvgIpc) is 2.72. The molecule has 0 aliphatic carbocycles. The molecule has 0 saturated heterocycles. The van der Waals surface area contributed by atoms with Crippen LogP contribution in [0.3, 0.4) is 0 Å². The first-order valence-electron chi connectivity index (χ1n) is 8.97. The van der Waals surface area contributed by atoms with Gasteiger partial charge in [-0.1, -0.05) is 84.9 Å². The van der Waals surface area contributed by atoms with Crippen LogP contribution in [0.2, 0.25) is 0 Å². The fraction of sp³-hybridized carbons (Fsp3) is 0.167. The summed E-state index contributed by atoms with van der Waals surface area (Å²) in [6.07, 6.45) is 2.26. The maximum absolute atomic E-state index is 5.48. The first kappa shape index (κ1) is 20.8. The van der Waals surface area contributed by atoms with Gasteiger partial charge in [0.05, 0.1) is 7.11 Å². The van der Waals surface area contributed by atoms with E-state index in [0.29, 0.717) is 0 Å². The van der Waals surface area contributed by atoms with Crippen molar-refractivity contribution in [2.75, 3.05) is 13.7 Å². The van der Waals surface area contributed by atoms with E-state index in [0.717, 1.165) is 12.3 Å². The van der Waals surface area contributed by atoms with Crippen molar-refractivity contribution in [3.05, 3.63) is 108 Å². The minimum atomic E-state index is 0. The molecule has 1 atom stereocenters. The van der Waals surface area contributed by atoms with E-state index < -0.39 is 0 Å². The van der Waals surface area contributed by atoms with Crippen molar-refractivity contribution < 1.29 is 4.74 Å². The van der Waals surface area contributed by atoms with Crippen molar-refractivity contribution in [3.8, 4) is 5.75 Å². The molecule has 3 heteroatoms. The summed E-state index contributed by atoms with van der Waals surface area (Å²) in [6.45, 7) is 2.94. The minimum absolute atomic E-state index is 0. The van der Waals surface area contributed by atoms with Gasteiger partial charge in [-0.15, -0.1) is 12.4 Å². The van der Waals surface area contributed by atoms with Crippen LogP contribution in [0, 0.1) is 0 Å². The summed E-state index contributed by atoms with van der Waals surface area (Å²) in [4.78, 5) is 0. The van der Waals surface area contributed by atoms with Gasteiger partial charge in [0, 0.05) is 18.2 Å².